The summed E-state index contributed by atoms with van der Waals surface area (Å²) < 4.78 is 0. The van der Waals surface area contributed by atoms with Crippen LogP contribution in [-0.4, -0.2) is 47.9 Å². The zero-order chi connectivity index (χ0) is 13.8. The fourth-order valence-corrected chi connectivity index (χ4v) is 2.06. The number of amides is 2. The van der Waals surface area contributed by atoms with Crippen LogP contribution in [0.3, 0.4) is 0 Å². The molecule has 1 saturated heterocycles. The highest BCUT2D eigenvalue weighted by Crippen LogP contribution is 2.13. The maximum Gasteiger partial charge on any atom is 0.254 e. The Labute approximate surface area is 112 Å². The summed E-state index contributed by atoms with van der Waals surface area (Å²) in [6, 6.07) is 3.47. The molecule has 2 N–H and O–H groups in total. The minimum atomic E-state index is -0.125. The molecule has 0 aliphatic carbocycles. The van der Waals surface area contributed by atoms with Crippen molar-refractivity contribution < 1.29 is 9.59 Å². The topological polar surface area (TPSA) is 74.3 Å². The monoisotopic (exact) mass is 262 g/mol. The number of carbonyl (C=O) groups excluding carboxylic acids is 2. The van der Waals surface area contributed by atoms with Crippen molar-refractivity contribution in [1.82, 2.24) is 15.2 Å². The molecule has 0 spiro atoms. The van der Waals surface area contributed by atoms with Crippen LogP contribution in [0.2, 0.25) is 0 Å². The number of hydrogen-bond donors (Lipinski definition) is 2. The van der Waals surface area contributed by atoms with Crippen LogP contribution in [-0.2, 0) is 4.79 Å². The van der Waals surface area contributed by atoms with Crippen molar-refractivity contribution in [2.45, 2.75) is 13.8 Å². The molecule has 0 unspecified atom stereocenters. The summed E-state index contributed by atoms with van der Waals surface area (Å²) in [5.41, 5.74) is 1.35. The average molecular weight is 262 g/mol. The lowest BCUT2D eigenvalue weighted by molar-refractivity contribution is -0.123. The van der Waals surface area contributed by atoms with Gasteiger partial charge in [0.15, 0.2) is 0 Å². The Morgan fingerprint density at radius 1 is 1.53 bits per heavy atom. The van der Waals surface area contributed by atoms with E-state index in [2.05, 4.69) is 15.6 Å². The fourth-order valence-electron chi connectivity index (χ4n) is 2.06. The van der Waals surface area contributed by atoms with Gasteiger partial charge in [-0.15, -0.1) is 0 Å². The second-order valence-electron chi connectivity index (χ2n) is 4.49. The maximum atomic E-state index is 12.3. The Bertz CT molecular complexity index is 501. The number of hydrogen-bond acceptors (Lipinski definition) is 4. The van der Waals surface area contributed by atoms with Gasteiger partial charge in [-0.25, -0.2) is 4.98 Å². The van der Waals surface area contributed by atoms with Crippen molar-refractivity contribution in [2.75, 3.05) is 31.5 Å². The van der Waals surface area contributed by atoms with E-state index in [0.717, 1.165) is 12.2 Å². The number of piperazine rings is 1. The van der Waals surface area contributed by atoms with E-state index in [1.54, 1.807) is 17.0 Å². The van der Waals surface area contributed by atoms with Gasteiger partial charge in [-0.3, -0.25) is 9.59 Å². The number of rotatable bonds is 3. The first-order valence-corrected chi connectivity index (χ1v) is 6.38. The summed E-state index contributed by atoms with van der Waals surface area (Å²) >= 11 is 0. The van der Waals surface area contributed by atoms with Gasteiger partial charge in [-0.2, -0.15) is 0 Å². The van der Waals surface area contributed by atoms with Gasteiger partial charge in [0.25, 0.3) is 5.91 Å². The Kier molecular flexibility index (Phi) is 3.99. The van der Waals surface area contributed by atoms with Crippen molar-refractivity contribution >= 4 is 17.6 Å². The van der Waals surface area contributed by atoms with Gasteiger partial charge < -0.3 is 15.5 Å². The summed E-state index contributed by atoms with van der Waals surface area (Å²) in [4.78, 5) is 29.5. The first-order valence-electron chi connectivity index (χ1n) is 6.38. The average Bonchev–Trinajstić information content (AvgIpc) is 2.37. The Hall–Kier alpha value is -2.11. The third kappa shape index (κ3) is 3.21. The van der Waals surface area contributed by atoms with Crippen LogP contribution in [0.5, 0.6) is 0 Å². The van der Waals surface area contributed by atoms with E-state index < -0.39 is 0 Å². The predicted molar refractivity (Wildman–Crippen MR) is 72.1 cm³/mol. The molecule has 2 rings (SSSR count). The zero-order valence-electron chi connectivity index (χ0n) is 11.2. The second kappa shape index (κ2) is 5.69. The highest BCUT2D eigenvalue weighted by molar-refractivity contribution is 5.97. The SMILES string of the molecule is CCNc1cc(C(=O)N2CCNC(=O)C2)cc(C)n1. The van der Waals surface area contributed by atoms with Crippen molar-refractivity contribution in [3.8, 4) is 0 Å². The summed E-state index contributed by atoms with van der Waals surface area (Å²) in [7, 11) is 0. The molecule has 2 amide bonds. The van der Waals surface area contributed by atoms with E-state index in [0.29, 0.717) is 24.5 Å². The van der Waals surface area contributed by atoms with Gasteiger partial charge in [0.1, 0.15) is 5.82 Å². The maximum absolute atomic E-state index is 12.3. The van der Waals surface area contributed by atoms with Gasteiger partial charge in [-0.1, -0.05) is 0 Å². The predicted octanol–water partition coefficient (Wildman–Crippen LogP) is 0.394. The van der Waals surface area contributed by atoms with E-state index in [1.807, 2.05) is 13.8 Å². The summed E-state index contributed by atoms with van der Waals surface area (Å²) in [5.74, 6) is 0.448. The van der Waals surface area contributed by atoms with Crippen molar-refractivity contribution in [3.63, 3.8) is 0 Å². The number of aryl methyl sites for hydroxylation is 1. The van der Waals surface area contributed by atoms with Crippen molar-refractivity contribution in [1.29, 1.82) is 0 Å². The molecule has 0 saturated carbocycles. The minimum absolute atomic E-state index is 0.114. The van der Waals surface area contributed by atoms with E-state index in [4.69, 9.17) is 0 Å². The van der Waals surface area contributed by atoms with Crippen LogP contribution in [0.4, 0.5) is 5.82 Å². The molecule has 0 bridgehead atoms. The molecule has 0 aromatic carbocycles. The third-order valence-corrected chi connectivity index (χ3v) is 2.88. The number of pyridine rings is 1. The minimum Gasteiger partial charge on any atom is -0.370 e. The first-order chi connectivity index (χ1) is 9.10. The van der Waals surface area contributed by atoms with Crippen molar-refractivity contribution in [2.24, 2.45) is 0 Å². The van der Waals surface area contributed by atoms with Gasteiger partial charge in [0.2, 0.25) is 5.91 Å². The molecule has 1 fully saturated rings. The van der Waals surface area contributed by atoms with Gasteiger partial charge in [0.05, 0.1) is 6.54 Å². The number of anilines is 1. The van der Waals surface area contributed by atoms with Crippen LogP contribution in [0, 0.1) is 6.92 Å². The largest absolute Gasteiger partial charge is 0.370 e. The highest BCUT2D eigenvalue weighted by Gasteiger charge is 2.22. The molecule has 0 atom stereocenters. The smallest absolute Gasteiger partial charge is 0.254 e. The van der Waals surface area contributed by atoms with Gasteiger partial charge in [0, 0.05) is 30.9 Å². The van der Waals surface area contributed by atoms with Gasteiger partial charge >= 0.3 is 0 Å². The first kappa shape index (κ1) is 13.3. The molecule has 1 aliphatic heterocycles. The molecule has 2 heterocycles. The van der Waals surface area contributed by atoms with Crippen LogP contribution >= 0.6 is 0 Å². The molecule has 6 nitrogen and oxygen atoms in total. The molecule has 6 heteroatoms. The zero-order valence-corrected chi connectivity index (χ0v) is 11.2. The molecule has 0 radical (unpaired) electrons. The van der Waals surface area contributed by atoms with E-state index in [9.17, 15) is 9.59 Å². The number of carbonyl (C=O) groups is 2. The molecule has 102 valence electrons. The Balaban J connectivity index is 2.20. The molecule has 1 aliphatic rings. The molecular weight excluding hydrogens is 244 g/mol. The lowest BCUT2D eigenvalue weighted by Crippen LogP contribution is -2.50. The molecular formula is C13H18N4O2. The Morgan fingerprint density at radius 3 is 3.00 bits per heavy atom. The lowest BCUT2D eigenvalue weighted by atomic mass is 10.2. The summed E-state index contributed by atoms with van der Waals surface area (Å²) in [5, 5.41) is 5.80. The quantitative estimate of drug-likeness (QED) is 0.826. The highest BCUT2D eigenvalue weighted by atomic mass is 16.2. The van der Waals surface area contributed by atoms with Crippen LogP contribution in [0.15, 0.2) is 12.1 Å². The fraction of sp³-hybridized carbons (Fsp3) is 0.462. The summed E-state index contributed by atoms with van der Waals surface area (Å²) in [6.07, 6.45) is 0. The van der Waals surface area contributed by atoms with Crippen LogP contribution in [0.1, 0.15) is 23.0 Å². The number of aromatic nitrogens is 1. The molecule has 1 aromatic heterocycles. The number of nitrogens with zero attached hydrogens (tertiary/aromatic N) is 2. The van der Waals surface area contributed by atoms with Gasteiger partial charge in [-0.05, 0) is 26.0 Å². The normalized spacial score (nSPS) is 15.1. The van der Waals surface area contributed by atoms with E-state index in [1.165, 1.54) is 0 Å². The molecule has 19 heavy (non-hydrogen) atoms. The standard InChI is InChI=1S/C13H18N4O2/c1-3-14-11-7-10(6-9(2)16-11)13(19)17-5-4-15-12(18)8-17/h6-7H,3-5,8H2,1-2H3,(H,14,16)(H,15,18). The van der Waals surface area contributed by atoms with E-state index in [-0.39, 0.29) is 18.4 Å². The van der Waals surface area contributed by atoms with Crippen LogP contribution < -0.4 is 10.6 Å². The van der Waals surface area contributed by atoms with Crippen LogP contribution in [0.25, 0.3) is 0 Å². The second-order valence-corrected chi connectivity index (χ2v) is 4.49. The van der Waals surface area contributed by atoms with E-state index >= 15 is 0 Å². The third-order valence-electron chi connectivity index (χ3n) is 2.88. The molecule has 1 aromatic rings. The number of nitrogens with one attached hydrogen (secondary N) is 2. The summed E-state index contributed by atoms with van der Waals surface area (Å²) in [6.45, 7) is 5.74. The lowest BCUT2D eigenvalue weighted by Gasteiger charge is -2.26. The van der Waals surface area contributed by atoms with Crippen molar-refractivity contribution in [3.05, 3.63) is 23.4 Å². The Morgan fingerprint density at radius 2 is 2.32 bits per heavy atom.